The lowest BCUT2D eigenvalue weighted by Gasteiger charge is -2.19. The molecule has 6 heteroatoms. The van der Waals surface area contributed by atoms with Gasteiger partial charge in [0.25, 0.3) is 5.91 Å². The summed E-state index contributed by atoms with van der Waals surface area (Å²) in [6.07, 6.45) is 1.40. The first-order valence-electron chi connectivity index (χ1n) is 6.88. The van der Waals surface area contributed by atoms with E-state index in [0.717, 1.165) is 5.56 Å². The molecule has 22 heavy (non-hydrogen) atoms. The van der Waals surface area contributed by atoms with Gasteiger partial charge in [-0.05, 0) is 37.6 Å². The number of hydrogen-bond donors (Lipinski definition) is 2. The van der Waals surface area contributed by atoms with Crippen LogP contribution in [0.5, 0.6) is 0 Å². The first kappa shape index (κ1) is 16.1. The highest BCUT2D eigenvalue weighted by atomic mass is 35.5. The third kappa shape index (κ3) is 3.89. The molecule has 0 aliphatic rings. The van der Waals surface area contributed by atoms with Crippen LogP contribution < -0.4 is 10.6 Å². The molecule has 1 aromatic carbocycles. The highest BCUT2D eigenvalue weighted by Gasteiger charge is 2.20. The SMILES string of the molecule is CC(NC(=O)[C@H](C)NC(=O)c1ccco1)c1ccccc1Cl. The standard InChI is InChI=1S/C16H17ClN2O3/c1-10(12-6-3-4-7-13(12)17)18-15(20)11(2)19-16(21)14-8-5-9-22-14/h3-11H,1-2H3,(H,18,20)(H,19,21)/t10?,11-/m0/s1. The summed E-state index contributed by atoms with van der Waals surface area (Å²) in [5.74, 6) is -0.566. The normalized spacial score (nSPS) is 13.2. The van der Waals surface area contributed by atoms with Crippen molar-refractivity contribution in [1.29, 1.82) is 0 Å². The average Bonchev–Trinajstić information content (AvgIpc) is 3.01. The van der Waals surface area contributed by atoms with Crippen LogP contribution in [0, 0.1) is 0 Å². The first-order valence-corrected chi connectivity index (χ1v) is 7.26. The molecule has 1 unspecified atom stereocenters. The van der Waals surface area contributed by atoms with E-state index in [1.165, 1.54) is 12.3 Å². The van der Waals surface area contributed by atoms with E-state index in [0.29, 0.717) is 5.02 Å². The summed E-state index contributed by atoms with van der Waals surface area (Å²) in [6.45, 7) is 3.44. The number of benzene rings is 1. The predicted octanol–water partition coefficient (Wildman–Crippen LogP) is 2.93. The highest BCUT2D eigenvalue weighted by Crippen LogP contribution is 2.22. The van der Waals surface area contributed by atoms with Crippen molar-refractivity contribution in [2.24, 2.45) is 0 Å². The number of nitrogens with one attached hydrogen (secondary N) is 2. The molecular formula is C16H17ClN2O3. The topological polar surface area (TPSA) is 71.3 Å². The lowest BCUT2D eigenvalue weighted by Crippen LogP contribution is -2.45. The van der Waals surface area contributed by atoms with E-state index in [1.54, 1.807) is 19.1 Å². The van der Waals surface area contributed by atoms with Crippen LogP contribution in [-0.4, -0.2) is 17.9 Å². The van der Waals surface area contributed by atoms with Crippen molar-refractivity contribution >= 4 is 23.4 Å². The summed E-state index contributed by atoms with van der Waals surface area (Å²) < 4.78 is 4.98. The van der Waals surface area contributed by atoms with E-state index in [1.807, 2.05) is 25.1 Å². The van der Waals surface area contributed by atoms with Gasteiger partial charge in [0.05, 0.1) is 12.3 Å². The van der Waals surface area contributed by atoms with Crippen molar-refractivity contribution in [3.05, 3.63) is 59.0 Å². The number of hydrogen-bond acceptors (Lipinski definition) is 3. The maximum Gasteiger partial charge on any atom is 0.287 e. The van der Waals surface area contributed by atoms with E-state index < -0.39 is 11.9 Å². The third-order valence-corrected chi connectivity index (χ3v) is 3.56. The molecule has 1 aromatic heterocycles. The molecular weight excluding hydrogens is 304 g/mol. The van der Waals surface area contributed by atoms with Gasteiger partial charge < -0.3 is 15.1 Å². The molecule has 2 amide bonds. The van der Waals surface area contributed by atoms with Crippen LogP contribution in [0.3, 0.4) is 0 Å². The van der Waals surface area contributed by atoms with Crippen LogP contribution in [0.25, 0.3) is 0 Å². The molecule has 0 bridgehead atoms. The Labute approximate surface area is 133 Å². The molecule has 2 atom stereocenters. The van der Waals surface area contributed by atoms with E-state index in [9.17, 15) is 9.59 Å². The second-order valence-corrected chi connectivity index (χ2v) is 5.33. The third-order valence-electron chi connectivity index (χ3n) is 3.22. The van der Waals surface area contributed by atoms with Gasteiger partial charge in [-0.25, -0.2) is 0 Å². The summed E-state index contributed by atoms with van der Waals surface area (Å²) in [5.41, 5.74) is 0.821. The molecule has 2 aromatic rings. The maximum absolute atomic E-state index is 12.1. The molecule has 0 spiro atoms. The summed E-state index contributed by atoms with van der Waals surface area (Å²) in [4.78, 5) is 24.0. The van der Waals surface area contributed by atoms with Gasteiger partial charge in [-0.3, -0.25) is 9.59 Å². The van der Waals surface area contributed by atoms with Crippen LogP contribution in [0.4, 0.5) is 0 Å². The maximum atomic E-state index is 12.1. The Balaban J connectivity index is 1.94. The Hall–Kier alpha value is -2.27. The molecule has 116 valence electrons. The van der Waals surface area contributed by atoms with Crippen LogP contribution in [-0.2, 0) is 4.79 Å². The number of carbonyl (C=O) groups excluding carboxylic acids is 2. The molecule has 0 radical (unpaired) electrons. The summed E-state index contributed by atoms with van der Waals surface area (Å²) in [5, 5.41) is 5.98. The minimum absolute atomic E-state index is 0.166. The second-order valence-electron chi connectivity index (χ2n) is 4.92. The van der Waals surface area contributed by atoms with Gasteiger partial charge in [-0.1, -0.05) is 29.8 Å². The fraction of sp³-hybridized carbons (Fsp3) is 0.250. The summed E-state index contributed by atoms with van der Waals surface area (Å²) >= 11 is 6.10. The Morgan fingerprint density at radius 1 is 1.09 bits per heavy atom. The van der Waals surface area contributed by atoms with Crippen molar-refractivity contribution < 1.29 is 14.0 Å². The Morgan fingerprint density at radius 3 is 2.45 bits per heavy atom. The molecule has 2 N–H and O–H groups in total. The fourth-order valence-electron chi connectivity index (χ4n) is 1.98. The summed E-state index contributed by atoms with van der Waals surface area (Å²) in [7, 11) is 0. The van der Waals surface area contributed by atoms with Gasteiger partial charge >= 0.3 is 0 Å². The Bertz CT molecular complexity index is 655. The van der Waals surface area contributed by atoms with Crippen molar-refractivity contribution in [3.63, 3.8) is 0 Å². The van der Waals surface area contributed by atoms with Crippen LogP contribution in [0.15, 0.2) is 47.1 Å². The van der Waals surface area contributed by atoms with Crippen molar-refractivity contribution in [3.8, 4) is 0 Å². The van der Waals surface area contributed by atoms with Gasteiger partial charge in [0.15, 0.2) is 5.76 Å². The number of carbonyl (C=O) groups is 2. The van der Waals surface area contributed by atoms with Gasteiger partial charge in [0, 0.05) is 5.02 Å². The molecule has 2 rings (SSSR count). The fourth-order valence-corrected chi connectivity index (χ4v) is 2.28. The quantitative estimate of drug-likeness (QED) is 0.889. The monoisotopic (exact) mass is 320 g/mol. The average molecular weight is 321 g/mol. The van der Waals surface area contributed by atoms with Crippen molar-refractivity contribution in [2.45, 2.75) is 25.9 Å². The second kappa shape index (κ2) is 7.13. The first-order chi connectivity index (χ1) is 10.5. The lowest BCUT2D eigenvalue weighted by atomic mass is 10.1. The number of rotatable bonds is 5. The van der Waals surface area contributed by atoms with Crippen LogP contribution >= 0.6 is 11.6 Å². The van der Waals surface area contributed by atoms with E-state index in [-0.39, 0.29) is 17.7 Å². The highest BCUT2D eigenvalue weighted by molar-refractivity contribution is 6.31. The number of amides is 2. The van der Waals surface area contributed by atoms with Crippen LogP contribution in [0.2, 0.25) is 5.02 Å². The summed E-state index contributed by atoms with van der Waals surface area (Å²) in [6, 6.07) is 9.48. The Kier molecular flexibility index (Phi) is 5.22. The molecule has 0 saturated heterocycles. The minimum atomic E-state index is -0.692. The zero-order valence-electron chi connectivity index (χ0n) is 12.3. The Morgan fingerprint density at radius 2 is 1.82 bits per heavy atom. The molecule has 5 nitrogen and oxygen atoms in total. The molecule has 0 saturated carbocycles. The van der Waals surface area contributed by atoms with Crippen molar-refractivity contribution in [2.75, 3.05) is 0 Å². The van der Waals surface area contributed by atoms with E-state index >= 15 is 0 Å². The number of furan rings is 1. The zero-order valence-corrected chi connectivity index (χ0v) is 13.1. The smallest absolute Gasteiger partial charge is 0.287 e. The zero-order chi connectivity index (χ0) is 16.1. The van der Waals surface area contributed by atoms with Crippen molar-refractivity contribution in [1.82, 2.24) is 10.6 Å². The van der Waals surface area contributed by atoms with Gasteiger partial charge in [0.1, 0.15) is 6.04 Å². The van der Waals surface area contributed by atoms with Gasteiger partial charge in [-0.15, -0.1) is 0 Å². The molecule has 0 aliphatic heterocycles. The largest absolute Gasteiger partial charge is 0.459 e. The number of halogens is 1. The van der Waals surface area contributed by atoms with Gasteiger partial charge in [-0.2, -0.15) is 0 Å². The van der Waals surface area contributed by atoms with Crippen LogP contribution in [0.1, 0.15) is 36.0 Å². The molecule has 0 fully saturated rings. The molecule has 0 aliphatic carbocycles. The van der Waals surface area contributed by atoms with Gasteiger partial charge in [0.2, 0.25) is 5.91 Å². The minimum Gasteiger partial charge on any atom is -0.459 e. The lowest BCUT2D eigenvalue weighted by molar-refractivity contribution is -0.123. The van der Waals surface area contributed by atoms with E-state index in [2.05, 4.69) is 10.6 Å². The predicted molar refractivity (Wildman–Crippen MR) is 83.6 cm³/mol. The van der Waals surface area contributed by atoms with E-state index in [4.69, 9.17) is 16.0 Å². The molecule has 1 heterocycles.